The smallest absolute Gasteiger partial charge is 0.251 e. The van der Waals surface area contributed by atoms with Crippen molar-refractivity contribution in [1.29, 1.82) is 0 Å². The van der Waals surface area contributed by atoms with Crippen molar-refractivity contribution < 1.29 is 28.6 Å². The number of hydrogen-bond acceptors (Lipinski definition) is 9. The normalized spacial score (nSPS) is 13.2. The van der Waals surface area contributed by atoms with Crippen molar-refractivity contribution in [2.45, 2.75) is 83.1 Å². The van der Waals surface area contributed by atoms with Crippen LogP contribution in [0.2, 0.25) is 0 Å². The first-order valence-electron chi connectivity index (χ1n) is 18.1. The van der Waals surface area contributed by atoms with Gasteiger partial charge in [-0.1, -0.05) is 83.1 Å². The molecule has 0 heterocycles. The van der Waals surface area contributed by atoms with Gasteiger partial charge in [0.05, 0.1) is 39.6 Å². The minimum absolute atomic E-state index is 0.148. The first-order valence-corrected chi connectivity index (χ1v) is 18.1. The van der Waals surface area contributed by atoms with Crippen molar-refractivity contribution in [3.63, 3.8) is 0 Å². The molecule has 0 spiro atoms. The predicted molar refractivity (Wildman–Crippen MR) is 206 cm³/mol. The number of benzene rings is 1. The number of rotatable bonds is 24. The summed E-state index contributed by atoms with van der Waals surface area (Å²) in [6, 6.07) is 4.54. The summed E-state index contributed by atoms with van der Waals surface area (Å²) in [5.41, 5.74) is 16.5. The van der Waals surface area contributed by atoms with Crippen molar-refractivity contribution >= 4 is 17.7 Å². The van der Waals surface area contributed by atoms with Crippen LogP contribution in [0.4, 0.5) is 0 Å². The van der Waals surface area contributed by atoms with Crippen LogP contribution in [0.3, 0.4) is 0 Å². The van der Waals surface area contributed by atoms with E-state index in [1.165, 1.54) is 18.2 Å². The lowest BCUT2D eigenvalue weighted by Crippen LogP contribution is -2.40. The number of carbonyl (C=O) groups is 3. The van der Waals surface area contributed by atoms with Gasteiger partial charge in [-0.2, -0.15) is 0 Å². The highest BCUT2D eigenvalue weighted by molar-refractivity contribution is 6.04. The fourth-order valence-electron chi connectivity index (χ4n) is 4.43. The molecular formula is C39H72N6O6. The highest BCUT2D eigenvalue weighted by Gasteiger charge is 2.27. The number of ether oxygens (including phenoxy) is 3. The number of carbonyl (C=O) groups excluding carboxylic acids is 3. The summed E-state index contributed by atoms with van der Waals surface area (Å²) in [4.78, 5) is 40.6. The Balaban J connectivity index is 3.15. The molecule has 0 aliphatic carbocycles. The third kappa shape index (κ3) is 18.6. The molecule has 1 aromatic rings. The van der Waals surface area contributed by atoms with E-state index in [2.05, 4.69) is 16.0 Å². The second kappa shape index (κ2) is 19.5. The molecule has 9 N–H and O–H groups in total. The first-order chi connectivity index (χ1) is 23.3. The zero-order valence-electron chi connectivity index (χ0n) is 33.9. The second-order valence-electron chi connectivity index (χ2n) is 18.9. The van der Waals surface area contributed by atoms with Crippen molar-refractivity contribution in [3.8, 4) is 0 Å². The minimum Gasteiger partial charge on any atom is -0.380 e. The van der Waals surface area contributed by atoms with E-state index in [1.807, 2.05) is 83.1 Å². The van der Waals surface area contributed by atoms with E-state index in [0.717, 1.165) is 0 Å². The number of hydrogen-bond donors (Lipinski definition) is 6. The molecule has 0 aromatic heterocycles. The van der Waals surface area contributed by atoms with E-state index >= 15 is 0 Å². The largest absolute Gasteiger partial charge is 0.380 e. The van der Waals surface area contributed by atoms with Gasteiger partial charge in [0.25, 0.3) is 17.7 Å². The molecule has 1 rings (SSSR count). The molecule has 0 aliphatic rings. The Morgan fingerprint density at radius 1 is 0.431 bits per heavy atom. The summed E-state index contributed by atoms with van der Waals surface area (Å²) in [6.45, 7) is 29.4. The fourth-order valence-corrected chi connectivity index (χ4v) is 4.43. The van der Waals surface area contributed by atoms with Crippen molar-refractivity contribution in [3.05, 3.63) is 34.9 Å². The Kier molecular flexibility index (Phi) is 17.7. The Labute approximate surface area is 308 Å². The highest BCUT2D eigenvalue weighted by Crippen LogP contribution is 2.22. The monoisotopic (exact) mass is 721 g/mol. The summed E-state index contributed by atoms with van der Waals surface area (Å²) in [7, 11) is 0. The van der Waals surface area contributed by atoms with Crippen LogP contribution in [0.5, 0.6) is 0 Å². The zero-order valence-corrected chi connectivity index (χ0v) is 33.9. The standard InChI is InChI=1S/C39H72N6O6/c1-34(2,16-40)22-49-25-37(7,8)19-43-31(46)28-13-29(32(47)44-20-38(9,10)26-50-23-35(3,4)17-41)15-30(14-28)33(48)45-21-39(11,12)27-51-24-36(5,6)18-42/h13-15H,16-27,40-42H2,1-12H3,(H,43,46)(H,44,47)(H,45,48). The molecule has 0 bridgehead atoms. The number of amides is 3. The van der Waals surface area contributed by atoms with Crippen LogP contribution in [0.1, 0.15) is 114 Å². The van der Waals surface area contributed by atoms with Crippen LogP contribution in [0, 0.1) is 32.5 Å². The van der Waals surface area contributed by atoms with Gasteiger partial charge in [-0.3, -0.25) is 14.4 Å². The van der Waals surface area contributed by atoms with Gasteiger partial charge in [0.2, 0.25) is 0 Å². The average Bonchev–Trinajstić information content (AvgIpc) is 3.04. The Hall–Kier alpha value is -2.61. The third-order valence-electron chi connectivity index (χ3n) is 8.52. The quantitative estimate of drug-likeness (QED) is 0.0917. The van der Waals surface area contributed by atoms with E-state index in [-0.39, 0.29) is 49.2 Å². The molecule has 0 saturated heterocycles. The highest BCUT2D eigenvalue weighted by atomic mass is 16.5. The van der Waals surface area contributed by atoms with Crippen LogP contribution in [0.15, 0.2) is 18.2 Å². The summed E-state index contributed by atoms with van der Waals surface area (Å²) in [5, 5.41) is 8.90. The minimum atomic E-state index is -0.401. The Morgan fingerprint density at radius 3 is 0.824 bits per heavy atom. The van der Waals surface area contributed by atoms with Crippen LogP contribution >= 0.6 is 0 Å². The van der Waals surface area contributed by atoms with Gasteiger partial charge in [0.15, 0.2) is 0 Å². The molecule has 0 fully saturated rings. The van der Waals surface area contributed by atoms with Gasteiger partial charge < -0.3 is 47.4 Å². The van der Waals surface area contributed by atoms with Crippen LogP contribution < -0.4 is 33.2 Å². The van der Waals surface area contributed by atoms with Gasteiger partial charge in [0, 0.05) is 68.8 Å². The molecule has 0 saturated carbocycles. The molecule has 294 valence electrons. The first kappa shape index (κ1) is 46.4. The molecular weight excluding hydrogens is 648 g/mol. The van der Waals surface area contributed by atoms with Gasteiger partial charge >= 0.3 is 0 Å². The summed E-state index contributed by atoms with van der Waals surface area (Å²) >= 11 is 0. The van der Waals surface area contributed by atoms with Crippen LogP contribution in [-0.2, 0) is 14.2 Å². The lowest BCUT2D eigenvalue weighted by Gasteiger charge is -2.29. The number of nitrogens with one attached hydrogen (secondary N) is 3. The topological polar surface area (TPSA) is 193 Å². The van der Waals surface area contributed by atoms with E-state index < -0.39 is 17.7 Å². The molecule has 12 heteroatoms. The van der Waals surface area contributed by atoms with Crippen molar-refractivity contribution in [2.75, 3.05) is 78.9 Å². The molecule has 0 radical (unpaired) electrons. The zero-order chi connectivity index (χ0) is 39.3. The maximum Gasteiger partial charge on any atom is 0.251 e. The van der Waals surface area contributed by atoms with Gasteiger partial charge in [-0.15, -0.1) is 0 Å². The second-order valence-corrected chi connectivity index (χ2v) is 18.9. The Morgan fingerprint density at radius 2 is 0.627 bits per heavy atom. The van der Waals surface area contributed by atoms with Gasteiger partial charge in [-0.05, 0) is 37.8 Å². The fraction of sp³-hybridized carbons (Fsp3) is 0.769. The molecule has 0 aliphatic heterocycles. The van der Waals surface area contributed by atoms with E-state index in [1.54, 1.807) is 0 Å². The summed E-state index contributed by atoms with van der Waals surface area (Å²) in [5.74, 6) is -1.20. The van der Waals surface area contributed by atoms with Gasteiger partial charge in [0.1, 0.15) is 0 Å². The molecule has 3 amide bonds. The average molecular weight is 721 g/mol. The molecule has 51 heavy (non-hydrogen) atoms. The number of nitrogens with two attached hydrogens (primary N) is 3. The Bertz CT molecular complexity index is 1110. The molecule has 1 aromatic carbocycles. The van der Waals surface area contributed by atoms with Crippen molar-refractivity contribution in [2.24, 2.45) is 49.7 Å². The lowest BCUT2D eigenvalue weighted by atomic mass is 9.93. The van der Waals surface area contributed by atoms with Gasteiger partial charge in [-0.25, -0.2) is 0 Å². The molecule has 0 atom stereocenters. The summed E-state index contributed by atoms with van der Waals surface area (Å²) in [6.07, 6.45) is 0. The summed E-state index contributed by atoms with van der Waals surface area (Å²) < 4.78 is 17.8. The SMILES string of the molecule is CC(C)(CN)COCC(C)(C)CNC(=O)c1cc(C(=O)NCC(C)(C)COCC(C)(C)CN)cc(C(=O)NCC(C)(C)COCC(C)(C)CN)c1. The van der Waals surface area contributed by atoms with Crippen LogP contribution in [0.25, 0.3) is 0 Å². The van der Waals surface area contributed by atoms with Crippen LogP contribution in [-0.4, -0.2) is 96.6 Å². The third-order valence-corrected chi connectivity index (χ3v) is 8.52. The van der Waals surface area contributed by atoms with Crippen molar-refractivity contribution in [1.82, 2.24) is 16.0 Å². The van der Waals surface area contributed by atoms with E-state index in [4.69, 9.17) is 31.4 Å². The maximum absolute atomic E-state index is 13.5. The lowest BCUT2D eigenvalue weighted by molar-refractivity contribution is 0.0182. The molecule has 0 unspecified atom stereocenters. The maximum atomic E-state index is 13.5. The molecule has 12 nitrogen and oxygen atoms in total. The predicted octanol–water partition coefficient (Wildman–Crippen LogP) is 3.96. The van der Waals surface area contributed by atoms with E-state index in [0.29, 0.717) is 78.9 Å². The van der Waals surface area contributed by atoms with E-state index in [9.17, 15) is 14.4 Å².